The predicted molar refractivity (Wildman–Crippen MR) is 131 cm³/mol. The number of halogens is 1. The fraction of sp³-hybridized carbons (Fsp3) is 0.480. The predicted octanol–water partition coefficient (Wildman–Crippen LogP) is 4.35. The van der Waals surface area contributed by atoms with Crippen molar-refractivity contribution in [2.75, 3.05) is 13.1 Å². The number of rotatable bonds is 5. The van der Waals surface area contributed by atoms with E-state index in [-0.39, 0.29) is 34.9 Å². The third-order valence-electron chi connectivity index (χ3n) is 5.51. The number of piperidine rings is 1. The third kappa shape index (κ3) is 6.53. The van der Waals surface area contributed by atoms with Crippen LogP contribution in [0.25, 0.3) is 0 Å². The normalized spacial score (nSPS) is 14.6. The maximum atomic E-state index is 12.8. The van der Waals surface area contributed by atoms with Crippen molar-refractivity contribution < 1.29 is 19.1 Å². The van der Waals surface area contributed by atoms with E-state index in [1.54, 1.807) is 23.1 Å². The summed E-state index contributed by atoms with van der Waals surface area (Å²) in [6, 6.07) is 6.89. The molecule has 2 aromatic rings. The van der Waals surface area contributed by atoms with Crippen molar-refractivity contribution >= 4 is 23.6 Å². The molecular formula is C25H32ClN3O5. The lowest BCUT2D eigenvalue weighted by atomic mass is 10.1. The van der Waals surface area contributed by atoms with Crippen LogP contribution >= 0.6 is 11.6 Å². The molecule has 0 radical (unpaired) electrons. The van der Waals surface area contributed by atoms with Gasteiger partial charge in [0.1, 0.15) is 17.5 Å². The van der Waals surface area contributed by atoms with E-state index < -0.39 is 11.5 Å². The highest BCUT2D eigenvalue weighted by atomic mass is 35.5. The van der Waals surface area contributed by atoms with E-state index in [2.05, 4.69) is 10.3 Å². The van der Waals surface area contributed by atoms with Gasteiger partial charge in [-0.3, -0.25) is 9.59 Å². The fourth-order valence-corrected chi connectivity index (χ4v) is 4.06. The molecular weight excluding hydrogens is 458 g/mol. The molecule has 2 heterocycles. The molecule has 184 valence electrons. The summed E-state index contributed by atoms with van der Waals surface area (Å²) in [7, 11) is 0. The molecule has 0 saturated carbocycles. The number of aromatic nitrogens is 1. The molecule has 2 N–H and O–H groups in total. The molecule has 1 aromatic carbocycles. The molecule has 1 aliphatic rings. The molecule has 0 atom stereocenters. The van der Waals surface area contributed by atoms with E-state index in [9.17, 15) is 14.4 Å². The van der Waals surface area contributed by atoms with E-state index in [1.807, 2.05) is 40.7 Å². The van der Waals surface area contributed by atoms with E-state index in [0.717, 1.165) is 11.3 Å². The van der Waals surface area contributed by atoms with E-state index in [1.165, 1.54) is 0 Å². The molecule has 8 nitrogen and oxygen atoms in total. The Kier molecular flexibility index (Phi) is 7.92. The quantitative estimate of drug-likeness (QED) is 0.650. The van der Waals surface area contributed by atoms with Crippen LogP contribution in [0.15, 0.2) is 29.1 Å². The number of carbonyl (C=O) groups excluding carboxylic acids is 2. The summed E-state index contributed by atoms with van der Waals surface area (Å²) in [6.07, 6.45) is 0.789. The van der Waals surface area contributed by atoms with E-state index in [4.69, 9.17) is 21.1 Å². The first-order chi connectivity index (χ1) is 15.9. The smallest absolute Gasteiger partial charge is 0.410 e. The number of aryl methyl sites for hydroxylation is 2. The number of benzene rings is 1. The van der Waals surface area contributed by atoms with Crippen molar-refractivity contribution in [3.05, 3.63) is 62.0 Å². The topological polar surface area (TPSA) is 101 Å². The lowest BCUT2D eigenvalue weighted by molar-refractivity contribution is 0.0126. The molecule has 34 heavy (non-hydrogen) atoms. The second-order valence-corrected chi connectivity index (χ2v) is 9.91. The summed E-state index contributed by atoms with van der Waals surface area (Å²) in [6.45, 7) is 10.3. The van der Waals surface area contributed by atoms with Gasteiger partial charge in [-0.25, -0.2) is 4.79 Å². The van der Waals surface area contributed by atoms with Crippen LogP contribution in [-0.4, -0.2) is 46.7 Å². The average molecular weight is 490 g/mol. The monoisotopic (exact) mass is 489 g/mol. The molecule has 2 amide bonds. The Morgan fingerprint density at radius 1 is 1.21 bits per heavy atom. The number of hydrogen-bond donors (Lipinski definition) is 2. The van der Waals surface area contributed by atoms with Crippen LogP contribution in [-0.2, 0) is 11.3 Å². The largest absolute Gasteiger partial charge is 0.489 e. The maximum absolute atomic E-state index is 12.8. The molecule has 9 heteroatoms. The zero-order valence-electron chi connectivity index (χ0n) is 20.3. The minimum Gasteiger partial charge on any atom is -0.489 e. The lowest BCUT2D eigenvalue weighted by Crippen LogP contribution is -2.44. The van der Waals surface area contributed by atoms with Crippen molar-refractivity contribution in [2.45, 2.75) is 65.7 Å². The summed E-state index contributed by atoms with van der Waals surface area (Å²) < 4.78 is 11.5. The molecule has 0 unspecified atom stereocenters. The van der Waals surface area contributed by atoms with Gasteiger partial charge in [0, 0.05) is 43.7 Å². The average Bonchev–Trinajstić information content (AvgIpc) is 2.73. The number of ether oxygens (including phenoxy) is 2. The number of nitrogens with zero attached hydrogens (tertiary/aromatic N) is 1. The standard InChI is InChI=1S/C25H32ClN3O5/c1-15-13-16(2)28-23(31)19(15)14-27-22(30)18-7-6-8-20(21(18)26)33-17-9-11-29(12-10-17)24(32)34-25(3,4)5/h6-8,13,17H,9-12,14H2,1-5H3,(H,27,30)(H,28,31). The van der Waals surface area contributed by atoms with Gasteiger partial charge in [0.2, 0.25) is 0 Å². The van der Waals surface area contributed by atoms with Gasteiger partial charge in [0.25, 0.3) is 11.5 Å². The highest BCUT2D eigenvalue weighted by Gasteiger charge is 2.28. The Labute approximate surface area is 204 Å². The van der Waals surface area contributed by atoms with Crippen LogP contribution in [0, 0.1) is 13.8 Å². The Morgan fingerprint density at radius 3 is 2.50 bits per heavy atom. The first kappa shape index (κ1) is 25.6. The van der Waals surface area contributed by atoms with Gasteiger partial charge >= 0.3 is 6.09 Å². The zero-order chi connectivity index (χ0) is 25.0. The second kappa shape index (κ2) is 10.5. The third-order valence-corrected chi connectivity index (χ3v) is 5.90. The van der Waals surface area contributed by atoms with Gasteiger partial charge in [-0.2, -0.15) is 0 Å². The van der Waals surface area contributed by atoms with Crippen molar-refractivity contribution in [3.63, 3.8) is 0 Å². The number of H-pyrrole nitrogens is 1. The fourth-order valence-electron chi connectivity index (χ4n) is 3.80. The molecule has 1 aliphatic heterocycles. The number of nitrogens with one attached hydrogen (secondary N) is 2. The van der Waals surface area contributed by atoms with Crippen molar-refractivity contribution in [1.82, 2.24) is 15.2 Å². The molecule has 1 saturated heterocycles. The summed E-state index contributed by atoms with van der Waals surface area (Å²) in [5.41, 5.74) is 1.58. The Morgan fingerprint density at radius 2 is 1.88 bits per heavy atom. The zero-order valence-corrected chi connectivity index (χ0v) is 21.0. The first-order valence-electron chi connectivity index (χ1n) is 11.4. The van der Waals surface area contributed by atoms with Crippen molar-refractivity contribution in [3.8, 4) is 5.75 Å². The van der Waals surface area contributed by atoms with Gasteiger partial charge < -0.3 is 24.7 Å². The van der Waals surface area contributed by atoms with Crippen LogP contribution in [0.3, 0.4) is 0 Å². The number of likely N-dealkylation sites (tertiary alicyclic amines) is 1. The van der Waals surface area contributed by atoms with Gasteiger partial charge in [-0.15, -0.1) is 0 Å². The van der Waals surface area contributed by atoms with Gasteiger partial charge in [0.15, 0.2) is 0 Å². The van der Waals surface area contributed by atoms with Crippen LogP contribution in [0.4, 0.5) is 4.79 Å². The SMILES string of the molecule is Cc1cc(C)c(CNC(=O)c2cccc(OC3CCN(C(=O)OC(C)(C)C)CC3)c2Cl)c(=O)[nH]1. The number of carbonyl (C=O) groups is 2. The molecule has 0 spiro atoms. The lowest BCUT2D eigenvalue weighted by Gasteiger charge is -2.33. The van der Waals surface area contributed by atoms with Gasteiger partial charge in [0.05, 0.1) is 10.6 Å². The summed E-state index contributed by atoms with van der Waals surface area (Å²) >= 11 is 6.50. The van der Waals surface area contributed by atoms with Gasteiger partial charge in [-0.1, -0.05) is 17.7 Å². The van der Waals surface area contributed by atoms with Crippen molar-refractivity contribution in [2.24, 2.45) is 0 Å². The van der Waals surface area contributed by atoms with Gasteiger partial charge in [-0.05, 0) is 58.4 Å². The molecule has 3 rings (SSSR count). The van der Waals surface area contributed by atoms with Crippen LogP contribution < -0.4 is 15.6 Å². The number of amides is 2. The number of hydrogen-bond acceptors (Lipinski definition) is 5. The highest BCUT2D eigenvalue weighted by Crippen LogP contribution is 2.31. The van der Waals surface area contributed by atoms with E-state index in [0.29, 0.717) is 37.2 Å². The Balaban J connectivity index is 1.60. The molecule has 1 fully saturated rings. The Hall–Kier alpha value is -3.00. The second-order valence-electron chi connectivity index (χ2n) is 9.53. The van der Waals surface area contributed by atoms with Crippen LogP contribution in [0.2, 0.25) is 5.02 Å². The summed E-state index contributed by atoms with van der Waals surface area (Å²) in [5.74, 6) is 0.0176. The minimum absolute atomic E-state index is 0.0881. The molecule has 1 aromatic heterocycles. The van der Waals surface area contributed by atoms with Crippen LogP contribution in [0.5, 0.6) is 5.75 Å². The molecule has 0 bridgehead atoms. The highest BCUT2D eigenvalue weighted by molar-refractivity contribution is 6.35. The number of aromatic amines is 1. The number of pyridine rings is 1. The van der Waals surface area contributed by atoms with Crippen molar-refractivity contribution in [1.29, 1.82) is 0 Å². The minimum atomic E-state index is -0.537. The van der Waals surface area contributed by atoms with Crippen LogP contribution in [0.1, 0.15) is 60.8 Å². The summed E-state index contributed by atoms with van der Waals surface area (Å²) in [4.78, 5) is 41.7. The summed E-state index contributed by atoms with van der Waals surface area (Å²) in [5, 5.41) is 2.98. The molecule has 0 aliphatic carbocycles. The maximum Gasteiger partial charge on any atom is 0.410 e. The Bertz CT molecular complexity index is 1110. The van der Waals surface area contributed by atoms with E-state index >= 15 is 0 Å². The first-order valence-corrected chi connectivity index (χ1v) is 11.7.